The highest BCUT2D eigenvalue weighted by molar-refractivity contribution is 7.91. The maximum Gasteiger partial charge on any atom is 0.302 e. The number of hydrogen-bond donors (Lipinski definition) is 1. The molecule has 3 rings (SSSR count). The molecule has 1 aliphatic carbocycles. The van der Waals surface area contributed by atoms with Crippen molar-refractivity contribution in [3.63, 3.8) is 0 Å². The zero-order valence-corrected chi connectivity index (χ0v) is 17.8. The van der Waals surface area contributed by atoms with Crippen molar-refractivity contribution in [1.29, 1.82) is 0 Å². The molecule has 1 aliphatic rings. The highest BCUT2D eigenvalue weighted by atomic mass is 32.2. The van der Waals surface area contributed by atoms with Gasteiger partial charge in [0.15, 0.2) is 9.84 Å². The molecule has 0 saturated carbocycles. The average molecular weight is 442 g/mol. The van der Waals surface area contributed by atoms with E-state index in [1.165, 1.54) is 25.1 Å². The fourth-order valence-electron chi connectivity index (χ4n) is 3.34. The Balaban J connectivity index is 1.81. The lowest BCUT2D eigenvalue weighted by atomic mass is 9.94. The normalized spacial score (nSPS) is 17.0. The minimum absolute atomic E-state index is 0.0528. The van der Waals surface area contributed by atoms with Gasteiger partial charge in [-0.25, -0.2) is 21.6 Å². The molecule has 1 atom stereocenters. The van der Waals surface area contributed by atoms with Crippen LogP contribution in [0, 0.1) is 0 Å². The van der Waals surface area contributed by atoms with Gasteiger partial charge in [0, 0.05) is 24.4 Å². The van der Waals surface area contributed by atoms with E-state index in [-0.39, 0.29) is 22.4 Å². The van der Waals surface area contributed by atoms with Crippen LogP contribution in [-0.2, 0) is 42.4 Å². The Bertz CT molecular complexity index is 1120. The van der Waals surface area contributed by atoms with Gasteiger partial charge in [0.1, 0.15) is 6.61 Å². The van der Waals surface area contributed by atoms with E-state index in [0.29, 0.717) is 13.0 Å². The van der Waals surface area contributed by atoms with Crippen LogP contribution in [0.2, 0.25) is 0 Å². The summed E-state index contributed by atoms with van der Waals surface area (Å²) >= 11 is 0. The number of benzene rings is 1. The predicted molar refractivity (Wildman–Crippen MR) is 104 cm³/mol. The van der Waals surface area contributed by atoms with E-state index in [4.69, 9.17) is 4.74 Å². The molecule has 0 bridgehead atoms. The molecule has 0 amide bonds. The lowest BCUT2D eigenvalue weighted by Gasteiger charge is -2.24. The summed E-state index contributed by atoms with van der Waals surface area (Å²) in [4.78, 5) is 10.8. The molecule has 1 aromatic carbocycles. The molecule has 11 heteroatoms. The number of nitrogens with zero attached hydrogens (tertiary/aromatic N) is 2. The Labute approximate surface area is 170 Å². The first kappa shape index (κ1) is 21.5. The highest BCUT2D eigenvalue weighted by Gasteiger charge is 2.29. The maximum absolute atomic E-state index is 12.9. The topological polar surface area (TPSA) is 124 Å². The van der Waals surface area contributed by atoms with Crippen molar-refractivity contribution >= 4 is 25.8 Å². The summed E-state index contributed by atoms with van der Waals surface area (Å²) < 4.78 is 58.5. The number of sulfonamides is 1. The first-order valence-corrected chi connectivity index (χ1v) is 12.5. The molecule has 2 aromatic rings. The van der Waals surface area contributed by atoms with Crippen molar-refractivity contribution in [3.05, 3.63) is 41.7 Å². The van der Waals surface area contributed by atoms with Crippen molar-refractivity contribution in [3.8, 4) is 0 Å². The smallest absolute Gasteiger partial charge is 0.302 e. The van der Waals surface area contributed by atoms with Crippen LogP contribution in [0.5, 0.6) is 0 Å². The second-order valence-corrected chi connectivity index (χ2v) is 10.7. The molecule has 1 N–H and O–H groups in total. The number of sulfone groups is 1. The zero-order chi connectivity index (χ0) is 21.2. The standard InChI is InChI=1S/C18H23N3O6S2/c1-13(22)27-10-9-21-18-8-4-7-17(16(18)12-19-21)20-29(25,26)15-6-3-5-14(11-15)28(2,23)24/h3,5-6,11-12,17,20H,4,7-10H2,1-2H3. The van der Waals surface area contributed by atoms with E-state index in [9.17, 15) is 21.6 Å². The molecule has 0 fully saturated rings. The molecule has 0 saturated heterocycles. The number of carbonyl (C=O) groups is 1. The number of fused-ring (bicyclic) bond motifs is 1. The quantitative estimate of drug-likeness (QED) is 0.640. The van der Waals surface area contributed by atoms with Gasteiger partial charge in [-0.05, 0) is 37.5 Å². The monoisotopic (exact) mass is 441 g/mol. The number of aromatic nitrogens is 2. The molecule has 9 nitrogen and oxygen atoms in total. The van der Waals surface area contributed by atoms with Gasteiger partial charge in [0.05, 0.1) is 28.6 Å². The predicted octanol–water partition coefficient (Wildman–Crippen LogP) is 1.21. The maximum atomic E-state index is 12.9. The van der Waals surface area contributed by atoms with Crippen molar-refractivity contribution in [2.24, 2.45) is 0 Å². The van der Waals surface area contributed by atoms with Crippen molar-refractivity contribution in [2.75, 3.05) is 12.9 Å². The lowest BCUT2D eigenvalue weighted by molar-refractivity contribution is -0.141. The summed E-state index contributed by atoms with van der Waals surface area (Å²) in [6.07, 6.45) is 4.78. The van der Waals surface area contributed by atoms with Crippen molar-refractivity contribution < 1.29 is 26.4 Å². The van der Waals surface area contributed by atoms with Crippen LogP contribution in [0.3, 0.4) is 0 Å². The number of ether oxygens (including phenoxy) is 1. The van der Waals surface area contributed by atoms with Crippen LogP contribution in [0.15, 0.2) is 40.3 Å². The first-order chi connectivity index (χ1) is 13.6. The van der Waals surface area contributed by atoms with Gasteiger partial charge in [0.25, 0.3) is 0 Å². The Morgan fingerprint density at radius 3 is 2.69 bits per heavy atom. The molecule has 0 radical (unpaired) electrons. The Morgan fingerprint density at radius 2 is 2.00 bits per heavy atom. The molecule has 1 aromatic heterocycles. The summed E-state index contributed by atoms with van der Waals surface area (Å²) in [7, 11) is -7.45. The van der Waals surface area contributed by atoms with Crippen LogP contribution in [0.1, 0.15) is 37.1 Å². The van der Waals surface area contributed by atoms with Gasteiger partial charge in [-0.15, -0.1) is 0 Å². The average Bonchev–Trinajstić information content (AvgIpc) is 3.05. The van der Waals surface area contributed by atoms with Crippen LogP contribution >= 0.6 is 0 Å². The Kier molecular flexibility index (Phi) is 6.11. The summed E-state index contributed by atoms with van der Waals surface area (Å²) in [6.45, 7) is 1.92. The fraction of sp³-hybridized carbons (Fsp3) is 0.444. The third-order valence-corrected chi connectivity index (χ3v) is 7.29. The van der Waals surface area contributed by atoms with E-state index in [1.54, 1.807) is 10.9 Å². The minimum atomic E-state index is -3.93. The van der Waals surface area contributed by atoms with E-state index >= 15 is 0 Å². The fourth-order valence-corrected chi connectivity index (χ4v) is 5.37. The van der Waals surface area contributed by atoms with Crippen molar-refractivity contribution in [1.82, 2.24) is 14.5 Å². The SMILES string of the molecule is CC(=O)OCCn1ncc2c1CCCC2NS(=O)(=O)c1cccc(S(C)(=O)=O)c1. The lowest BCUT2D eigenvalue weighted by Crippen LogP contribution is -2.31. The van der Waals surface area contributed by atoms with Gasteiger partial charge in [-0.2, -0.15) is 5.10 Å². The molecule has 29 heavy (non-hydrogen) atoms. The van der Waals surface area contributed by atoms with Gasteiger partial charge < -0.3 is 4.74 Å². The zero-order valence-electron chi connectivity index (χ0n) is 16.2. The van der Waals surface area contributed by atoms with Gasteiger partial charge in [-0.3, -0.25) is 9.48 Å². The molecule has 0 aliphatic heterocycles. The van der Waals surface area contributed by atoms with Crippen molar-refractivity contribution in [2.45, 2.75) is 48.6 Å². The highest BCUT2D eigenvalue weighted by Crippen LogP contribution is 2.31. The van der Waals surface area contributed by atoms with E-state index in [0.717, 1.165) is 36.4 Å². The molecule has 158 valence electrons. The van der Waals surface area contributed by atoms with Gasteiger partial charge in [0.2, 0.25) is 10.0 Å². The molecular formula is C18H23N3O6S2. The number of nitrogens with one attached hydrogen (secondary N) is 1. The second kappa shape index (κ2) is 8.25. The largest absolute Gasteiger partial charge is 0.464 e. The molecular weight excluding hydrogens is 418 g/mol. The minimum Gasteiger partial charge on any atom is -0.464 e. The summed E-state index contributed by atoms with van der Waals surface area (Å²) in [5, 5.41) is 4.31. The van der Waals surface area contributed by atoms with E-state index in [2.05, 4.69) is 9.82 Å². The van der Waals surface area contributed by atoms with Crippen LogP contribution in [0.25, 0.3) is 0 Å². The summed E-state index contributed by atoms with van der Waals surface area (Å²) in [5.41, 5.74) is 1.68. The number of carbonyl (C=O) groups excluding carboxylic acids is 1. The molecule has 1 heterocycles. The molecule has 0 spiro atoms. The second-order valence-electron chi connectivity index (χ2n) is 6.92. The summed E-state index contributed by atoms with van der Waals surface area (Å²) in [5.74, 6) is -0.368. The summed E-state index contributed by atoms with van der Waals surface area (Å²) in [6, 6.07) is 4.82. The number of hydrogen-bond acceptors (Lipinski definition) is 7. The number of rotatable bonds is 7. The van der Waals surface area contributed by atoms with E-state index < -0.39 is 25.9 Å². The Hall–Kier alpha value is -2.24. The first-order valence-electron chi connectivity index (χ1n) is 9.08. The van der Waals surface area contributed by atoms with E-state index in [1.807, 2.05) is 0 Å². The third kappa shape index (κ3) is 5.03. The van der Waals surface area contributed by atoms with Crippen LogP contribution in [0.4, 0.5) is 0 Å². The Morgan fingerprint density at radius 1 is 1.28 bits per heavy atom. The molecule has 1 unspecified atom stereocenters. The van der Waals surface area contributed by atoms with Gasteiger partial charge >= 0.3 is 5.97 Å². The third-order valence-electron chi connectivity index (χ3n) is 4.71. The van der Waals surface area contributed by atoms with Gasteiger partial charge in [-0.1, -0.05) is 6.07 Å². The number of esters is 1. The van der Waals surface area contributed by atoms with Crippen LogP contribution < -0.4 is 4.72 Å². The van der Waals surface area contributed by atoms with Crippen LogP contribution in [-0.4, -0.2) is 45.4 Å².